The zero-order valence-electron chi connectivity index (χ0n) is 3.03. The number of hydrogen-bond donors (Lipinski definition) is 1. The Morgan fingerprint density at radius 2 is 1.50 bits per heavy atom. The molecule has 0 unspecified atom stereocenters. The van der Waals surface area contributed by atoms with Crippen LogP contribution in [0.25, 0.3) is 0 Å². The van der Waals surface area contributed by atoms with E-state index in [1.807, 2.05) is 0 Å². The lowest BCUT2D eigenvalue weighted by Crippen LogP contribution is -1.54. The van der Waals surface area contributed by atoms with Crippen LogP contribution in [0.2, 0.25) is 0 Å². The SMILES string of the molecule is CP=[SH](I)(I)I. The van der Waals surface area contributed by atoms with Crippen LogP contribution < -0.4 is 0 Å². The van der Waals surface area contributed by atoms with E-state index in [2.05, 4.69) is 70.3 Å². The van der Waals surface area contributed by atoms with E-state index in [4.69, 9.17) is 0 Å². The number of thiol groups is 1. The molecule has 0 saturated heterocycles. The molecule has 0 N–H and O–H groups in total. The molecule has 0 spiro atoms. The smallest absolute Gasteiger partial charge is 0.00977 e. The van der Waals surface area contributed by atoms with E-state index < -0.39 is 0.720 Å². The van der Waals surface area contributed by atoms with Crippen LogP contribution in [0.15, 0.2) is 0 Å². The number of rotatable bonds is 0. The van der Waals surface area contributed by atoms with Crippen molar-refractivity contribution in [2.75, 3.05) is 6.66 Å². The molecule has 5 heteroatoms. The standard InChI is InChI=1S/CH4I3PS/c1-5-6(2,3)4/h6H,1H3. The molecule has 0 amide bonds. The first kappa shape index (κ1) is 8.84. The summed E-state index contributed by atoms with van der Waals surface area (Å²) in [5, 5.41) is 0. The van der Waals surface area contributed by atoms with Crippen molar-refractivity contribution in [3.8, 4) is 0 Å². The quantitative estimate of drug-likeness (QED) is 0.320. The molecule has 0 aliphatic heterocycles. The van der Waals surface area contributed by atoms with Gasteiger partial charge in [-0.25, -0.2) is 0 Å². The highest BCUT2D eigenvalue weighted by molar-refractivity contribution is 14.4. The molecule has 0 aliphatic rings. The van der Waals surface area contributed by atoms with Crippen LogP contribution in [0, 0.1) is 0 Å². The molecular formula is CH4I3PS. The van der Waals surface area contributed by atoms with E-state index in [0.29, 0.717) is 0 Å². The Hall–Kier alpha value is 2.84. The van der Waals surface area contributed by atoms with E-state index in [1.165, 1.54) is 0 Å². The molecule has 0 rings (SSSR count). The van der Waals surface area contributed by atoms with E-state index in [9.17, 15) is 0 Å². The second-order valence-electron chi connectivity index (χ2n) is 0.618. The second kappa shape index (κ2) is 3.79. The van der Waals surface area contributed by atoms with Gasteiger partial charge in [-0.15, -0.1) is 0 Å². The molecule has 0 aromatic heterocycles. The lowest BCUT2D eigenvalue weighted by molar-refractivity contribution is 2.52. The van der Waals surface area contributed by atoms with Crippen molar-refractivity contribution in [3.05, 3.63) is 0 Å². The fourth-order valence-electron chi connectivity index (χ4n) is 0. The molecule has 0 atom stereocenters. The first-order valence-electron chi connectivity index (χ1n) is 1.15. The second-order valence-corrected chi connectivity index (χ2v) is 41.4. The minimum atomic E-state index is -0.514. The fraction of sp³-hybridized carbons (Fsp3) is 1.00. The first-order valence-corrected chi connectivity index (χ1v) is 13.3. The minimum absolute atomic E-state index is 0.514. The van der Waals surface area contributed by atoms with E-state index in [-0.39, 0.29) is 0 Å². The van der Waals surface area contributed by atoms with Crippen molar-refractivity contribution in [2.24, 2.45) is 0 Å². The van der Waals surface area contributed by atoms with Gasteiger partial charge in [-0.1, -0.05) is 8.08 Å². The van der Waals surface area contributed by atoms with E-state index in [0.717, 1.165) is 0 Å². The van der Waals surface area contributed by atoms with Gasteiger partial charge in [0.05, 0.1) is 0 Å². The third-order valence-electron chi connectivity index (χ3n) is 0.227. The zero-order chi connectivity index (χ0) is 5.21. The Bertz CT molecular complexity index is 74.5. The molecule has 0 radical (unpaired) electrons. The highest BCUT2D eigenvalue weighted by atomic mass is 127. The van der Waals surface area contributed by atoms with Crippen LogP contribution in [-0.4, -0.2) is 6.66 Å². The predicted molar refractivity (Wildman–Crippen MR) is 63.7 cm³/mol. The van der Waals surface area contributed by atoms with Gasteiger partial charge in [-0.05, 0) is 70.3 Å². The van der Waals surface area contributed by atoms with Crippen LogP contribution in [0.4, 0.5) is 0 Å². The molecule has 0 aromatic carbocycles. The molecule has 40 valence electrons. The molecule has 0 fully saturated rings. The summed E-state index contributed by atoms with van der Waals surface area (Å²) >= 11 is 7.54. The molecule has 0 aromatic rings. The summed E-state index contributed by atoms with van der Waals surface area (Å²) in [4.78, 5) is 0. The molecule has 0 nitrogen and oxygen atoms in total. The Balaban J connectivity index is 3.79. The van der Waals surface area contributed by atoms with Gasteiger partial charge in [-0.2, -0.15) is 0 Å². The van der Waals surface area contributed by atoms with Crippen molar-refractivity contribution in [3.63, 3.8) is 0 Å². The topological polar surface area (TPSA) is 0 Å². The van der Waals surface area contributed by atoms with Gasteiger partial charge in [0.25, 0.3) is 0 Å². The average molecular weight is 460 g/mol. The summed E-state index contributed by atoms with van der Waals surface area (Å²) in [6, 6.07) is 0. The highest BCUT2D eigenvalue weighted by Gasteiger charge is 1.87. The van der Waals surface area contributed by atoms with Gasteiger partial charge >= 0.3 is 0 Å². The molecule has 0 saturated carbocycles. The van der Waals surface area contributed by atoms with E-state index in [1.54, 1.807) is 7.36 Å². The van der Waals surface area contributed by atoms with Crippen LogP contribution >= 0.6 is 71.0 Å². The van der Waals surface area contributed by atoms with Crippen molar-refractivity contribution in [1.82, 2.24) is 0 Å². The van der Waals surface area contributed by atoms with Crippen molar-refractivity contribution < 1.29 is 0 Å². The molecule has 0 bridgehead atoms. The fourth-order valence-corrected chi connectivity index (χ4v) is 0. The van der Waals surface area contributed by atoms with Gasteiger partial charge in [0.2, 0.25) is 0 Å². The molecular weight excluding hydrogens is 456 g/mol. The largest absolute Gasteiger partial charge is 0.0948 e. The van der Waals surface area contributed by atoms with Crippen LogP contribution in [0.3, 0.4) is 0 Å². The van der Waals surface area contributed by atoms with Gasteiger partial charge < -0.3 is 0 Å². The van der Waals surface area contributed by atoms with Gasteiger partial charge in [0.1, 0.15) is 0 Å². The maximum Gasteiger partial charge on any atom is -0.00977 e. The van der Waals surface area contributed by atoms with Crippen LogP contribution in [0.5, 0.6) is 0 Å². The number of hydrogen-bond acceptors (Lipinski definition) is 0. The Kier molecular flexibility index (Phi) is 5.58. The summed E-state index contributed by atoms with van der Waals surface area (Å²) in [6.07, 6.45) is 0. The highest BCUT2D eigenvalue weighted by Crippen LogP contribution is 2.41. The maximum absolute atomic E-state index is 2.51. The normalized spacial score (nSPS) is 15.3. The van der Waals surface area contributed by atoms with Gasteiger partial charge in [0.15, 0.2) is 0 Å². The summed E-state index contributed by atoms with van der Waals surface area (Å²) in [6.45, 7) is 2.21. The monoisotopic (exact) mass is 460 g/mol. The van der Waals surface area contributed by atoms with Crippen LogP contribution in [-0.2, 0) is 0.720 Å². The summed E-state index contributed by atoms with van der Waals surface area (Å²) in [5.41, 5.74) is 0. The van der Waals surface area contributed by atoms with Crippen molar-refractivity contribution in [2.45, 2.75) is 0 Å². The predicted octanol–water partition coefficient (Wildman–Crippen LogP) is 3.41. The Labute approximate surface area is 76.7 Å². The molecule has 0 heterocycles. The van der Waals surface area contributed by atoms with Gasteiger partial charge in [-0.3, -0.25) is 0 Å². The lowest BCUT2D eigenvalue weighted by atomic mass is 12.0. The lowest BCUT2D eigenvalue weighted by Gasteiger charge is -1.98. The van der Waals surface area contributed by atoms with E-state index >= 15 is 0 Å². The van der Waals surface area contributed by atoms with Crippen LogP contribution in [0.1, 0.15) is 0 Å². The summed E-state index contributed by atoms with van der Waals surface area (Å²) in [5.74, 6) is 0. The number of halogens is 3. The Morgan fingerprint density at radius 1 is 1.33 bits per heavy atom. The molecule has 6 heavy (non-hydrogen) atoms. The summed E-state index contributed by atoms with van der Waals surface area (Å²) < 4.78 is -0.514. The van der Waals surface area contributed by atoms with Gasteiger partial charge in [0, 0.05) is 0 Å². The molecule has 0 aliphatic carbocycles. The summed E-state index contributed by atoms with van der Waals surface area (Å²) in [7, 11) is 1.55. The third kappa shape index (κ3) is 6.84. The average Bonchev–Trinajstić information content (AvgIpc) is 1.35. The zero-order valence-corrected chi connectivity index (χ0v) is 11.3. The minimum Gasteiger partial charge on any atom is -0.0948 e. The van der Waals surface area contributed by atoms with Crippen molar-refractivity contribution in [1.29, 1.82) is 0 Å². The Morgan fingerprint density at radius 3 is 1.50 bits per heavy atom. The first-order chi connectivity index (χ1) is 2.56. The van der Waals surface area contributed by atoms with Crippen molar-refractivity contribution >= 4 is 71.7 Å². The third-order valence-corrected chi connectivity index (χ3v) is 13.7. The maximum atomic E-state index is 2.51.